The molecule has 2 N–H and O–H groups in total. The maximum atomic E-state index is 9.84. The normalized spacial score (nSPS) is 15.7. The average molecular weight is 358 g/mol. The molecule has 0 radical (unpaired) electrons. The molecular formula is C22H18N2O3. The second kappa shape index (κ2) is 6.58. The first-order chi connectivity index (χ1) is 13.2. The lowest BCUT2D eigenvalue weighted by atomic mass is 9.80. The molecule has 3 aromatic carbocycles. The molecule has 0 saturated carbocycles. The third kappa shape index (κ3) is 2.54. The van der Waals surface area contributed by atoms with Gasteiger partial charge >= 0.3 is 0 Å². The summed E-state index contributed by atoms with van der Waals surface area (Å²) in [4.78, 5) is 0. The monoisotopic (exact) mass is 358 g/mol. The Balaban J connectivity index is 2.09. The van der Waals surface area contributed by atoms with Gasteiger partial charge in [-0.3, -0.25) is 0 Å². The minimum absolute atomic E-state index is 0.107. The summed E-state index contributed by atoms with van der Waals surface area (Å²) < 4.78 is 16.9. The highest BCUT2D eigenvalue weighted by Gasteiger charge is 2.34. The third-order valence-corrected chi connectivity index (χ3v) is 4.86. The second-order valence-corrected chi connectivity index (χ2v) is 6.21. The first-order valence-electron chi connectivity index (χ1n) is 8.49. The first-order valence-corrected chi connectivity index (χ1v) is 8.49. The van der Waals surface area contributed by atoms with Gasteiger partial charge in [-0.05, 0) is 22.9 Å². The van der Waals surface area contributed by atoms with E-state index >= 15 is 0 Å². The summed E-state index contributed by atoms with van der Waals surface area (Å²) in [5.74, 6) is 1.50. The second-order valence-electron chi connectivity index (χ2n) is 6.21. The molecule has 1 heterocycles. The van der Waals surface area contributed by atoms with E-state index in [1.54, 1.807) is 14.2 Å². The standard InChI is InChI=1S/C22H18N2O3/c1-25-18-9-5-8-15(21(18)26-2)19-16(12-23)22(24)27-17-11-10-13-6-3-4-7-14(13)20(17)19/h3-11,19H,24H2,1-2H3/t19-/m0/s1. The van der Waals surface area contributed by atoms with Crippen LogP contribution >= 0.6 is 0 Å². The quantitative estimate of drug-likeness (QED) is 0.763. The number of ether oxygens (including phenoxy) is 3. The van der Waals surface area contributed by atoms with Gasteiger partial charge < -0.3 is 19.9 Å². The lowest BCUT2D eigenvalue weighted by molar-refractivity contribution is 0.349. The maximum absolute atomic E-state index is 9.84. The van der Waals surface area contributed by atoms with Gasteiger partial charge in [-0.25, -0.2) is 0 Å². The molecule has 0 aliphatic carbocycles. The van der Waals surface area contributed by atoms with Crippen LogP contribution in [0.3, 0.4) is 0 Å². The molecular weight excluding hydrogens is 340 g/mol. The van der Waals surface area contributed by atoms with Crippen LogP contribution in [0.25, 0.3) is 10.8 Å². The van der Waals surface area contributed by atoms with Crippen LogP contribution in [-0.4, -0.2) is 14.2 Å². The van der Waals surface area contributed by atoms with E-state index in [1.165, 1.54) is 0 Å². The number of hydrogen-bond donors (Lipinski definition) is 1. The van der Waals surface area contributed by atoms with Gasteiger partial charge in [0.15, 0.2) is 11.5 Å². The van der Waals surface area contributed by atoms with E-state index in [9.17, 15) is 5.26 Å². The van der Waals surface area contributed by atoms with Crippen molar-refractivity contribution >= 4 is 10.8 Å². The summed E-state index contributed by atoms with van der Waals surface area (Å²) in [5, 5.41) is 11.9. The fourth-order valence-electron chi connectivity index (χ4n) is 3.69. The van der Waals surface area contributed by atoms with Crippen molar-refractivity contribution in [2.45, 2.75) is 5.92 Å². The highest BCUT2D eigenvalue weighted by molar-refractivity contribution is 5.90. The summed E-state index contributed by atoms with van der Waals surface area (Å²) >= 11 is 0. The van der Waals surface area contributed by atoms with Crippen molar-refractivity contribution in [2.24, 2.45) is 5.73 Å². The number of methoxy groups -OCH3 is 2. The average Bonchev–Trinajstić information content (AvgIpc) is 2.71. The van der Waals surface area contributed by atoms with Crippen molar-refractivity contribution in [3.63, 3.8) is 0 Å². The third-order valence-electron chi connectivity index (χ3n) is 4.86. The Morgan fingerprint density at radius 3 is 2.56 bits per heavy atom. The Morgan fingerprint density at radius 2 is 1.81 bits per heavy atom. The summed E-state index contributed by atoms with van der Waals surface area (Å²) in [6, 6.07) is 19.7. The number of benzene rings is 3. The van der Waals surface area contributed by atoms with E-state index in [4.69, 9.17) is 19.9 Å². The van der Waals surface area contributed by atoms with E-state index in [-0.39, 0.29) is 5.88 Å². The van der Waals surface area contributed by atoms with Crippen LogP contribution in [0.5, 0.6) is 17.2 Å². The molecule has 3 aromatic rings. The van der Waals surface area contributed by atoms with Crippen molar-refractivity contribution in [3.8, 4) is 23.3 Å². The van der Waals surface area contributed by atoms with Gasteiger partial charge in [-0.15, -0.1) is 0 Å². The van der Waals surface area contributed by atoms with Crippen LogP contribution in [0.2, 0.25) is 0 Å². The van der Waals surface area contributed by atoms with Crippen LogP contribution in [0.1, 0.15) is 17.0 Å². The lowest BCUT2D eigenvalue weighted by Gasteiger charge is -2.29. The molecule has 5 nitrogen and oxygen atoms in total. The maximum Gasteiger partial charge on any atom is 0.205 e. The predicted molar refractivity (Wildman–Crippen MR) is 103 cm³/mol. The highest BCUT2D eigenvalue weighted by Crippen LogP contribution is 2.49. The van der Waals surface area contributed by atoms with Crippen molar-refractivity contribution in [1.82, 2.24) is 0 Å². The zero-order valence-corrected chi connectivity index (χ0v) is 15.0. The Kier molecular flexibility index (Phi) is 4.09. The Morgan fingerprint density at radius 1 is 1.00 bits per heavy atom. The number of hydrogen-bond acceptors (Lipinski definition) is 5. The Bertz CT molecular complexity index is 1110. The minimum Gasteiger partial charge on any atom is -0.493 e. The van der Waals surface area contributed by atoms with Crippen LogP contribution < -0.4 is 19.9 Å². The van der Waals surface area contributed by atoms with Gasteiger partial charge in [0, 0.05) is 11.1 Å². The SMILES string of the molecule is COc1cccc([C@H]2C(C#N)=C(N)Oc3ccc4ccccc4c32)c1OC. The molecule has 1 aliphatic heterocycles. The number of para-hydroxylation sites is 1. The highest BCUT2D eigenvalue weighted by atomic mass is 16.5. The number of nitrogens with two attached hydrogens (primary N) is 1. The molecule has 5 heteroatoms. The molecule has 0 fully saturated rings. The van der Waals surface area contributed by atoms with Gasteiger partial charge in [0.2, 0.25) is 5.88 Å². The molecule has 0 bridgehead atoms. The van der Waals surface area contributed by atoms with E-state index in [0.717, 1.165) is 21.9 Å². The molecule has 4 rings (SSSR count). The van der Waals surface area contributed by atoms with E-state index < -0.39 is 5.92 Å². The molecule has 134 valence electrons. The fourth-order valence-corrected chi connectivity index (χ4v) is 3.69. The van der Waals surface area contributed by atoms with Gasteiger partial charge in [0.25, 0.3) is 0 Å². The molecule has 0 aromatic heterocycles. The number of nitriles is 1. The van der Waals surface area contributed by atoms with Crippen molar-refractivity contribution in [2.75, 3.05) is 14.2 Å². The molecule has 0 saturated heterocycles. The summed E-state index contributed by atoms with van der Waals surface area (Å²) in [6.07, 6.45) is 0. The van der Waals surface area contributed by atoms with E-state index in [2.05, 4.69) is 6.07 Å². The van der Waals surface area contributed by atoms with Crippen molar-refractivity contribution < 1.29 is 14.2 Å². The molecule has 27 heavy (non-hydrogen) atoms. The van der Waals surface area contributed by atoms with Crippen LogP contribution in [0.4, 0.5) is 0 Å². The molecule has 1 atom stereocenters. The number of rotatable bonds is 3. The number of nitrogens with zero attached hydrogens (tertiary/aromatic N) is 1. The first kappa shape index (κ1) is 16.8. The Labute approximate surface area is 157 Å². The van der Waals surface area contributed by atoms with E-state index in [0.29, 0.717) is 22.8 Å². The zero-order valence-electron chi connectivity index (χ0n) is 15.0. The summed E-state index contributed by atoms with van der Waals surface area (Å²) in [5.41, 5.74) is 8.15. The van der Waals surface area contributed by atoms with Crippen molar-refractivity contribution in [1.29, 1.82) is 5.26 Å². The predicted octanol–water partition coefficient (Wildman–Crippen LogP) is 4.08. The van der Waals surface area contributed by atoms with Gasteiger partial charge in [0.1, 0.15) is 17.4 Å². The topological polar surface area (TPSA) is 77.5 Å². The van der Waals surface area contributed by atoms with E-state index in [1.807, 2.05) is 54.6 Å². The zero-order chi connectivity index (χ0) is 19.0. The Hall–Kier alpha value is -3.65. The fraction of sp³-hybridized carbons (Fsp3) is 0.136. The number of fused-ring (bicyclic) bond motifs is 3. The summed E-state index contributed by atoms with van der Waals surface area (Å²) in [7, 11) is 3.17. The van der Waals surface area contributed by atoms with Crippen LogP contribution in [0.15, 0.2) is 66.1 Å². The van der Waals surface area contributed by atoms with Gasteiger partial charge in [-0.1, -0.05) is 42.5 Å². The molecule has 1 aliphatic rings. The molecule has 0 unspecified atom stereocenters. The smallest absolute Gasteiger partial charge is 0.205 e. The van der Waals surface area contributed by atoms with Crippen molar-refractivity contribution in [3.05, 3.63) is 77.2 Å². The van der Waals surface area contributed by atoms with Crippen LogP contribution in [0, 0.1) is 11.3 Å². The molecule has 0 spiro atoms. The largest absolute Gasteiger partial charge is 0.493 e. The number of allylic oxidation sites excluding steroid dienone is 1. The summed E-state index contributed by atoms with van der Waals surface area (Å²) in [6.45, 7) is 0. The van der Waals surface area contributed by atoms with Gasteiger partial charge in [0.05, 0.1) is 20.1 Å². The van der Waals surface area contributed by atoms with Crippen LogP contribution in [-0.2, 0) is 0 Å². The molecule has 0 amide bonds. The lowest BCUT2D eigenvalue weighted by Crippen LogP contribution is -2.21. The minimum atomic E-state index is -0.421. The van der Waals surface area contributed by atoms with Gasteiger partial charge in [-0.2, -0.15) is 5.26 Å².